The zero-order valence-corrected chi connectivity index (χ0v) is 29.6. The van der Waals surface area contributed by atoms with Crippen molar-refractivity contribution in [3.8, 4) is 0 Å². The van der Waals surface area contributed by atoms with Crippen LogP contribution >= 0.6 is 0 Å². The number of amidine groups is 1. The van der Waals surface area contributed by atoms with Gasteiger partial charge < -0.3 is 42.0 Å². The van der Waals surface area contributed by atoms with Gasteiger partial charge in [-0.1, -0.05) is 13.0 Å². The van der Waals surface area contributed by atoms with Gasteiger partial charge in [0.05, 0.1) is 17.6 Å². The van der Waals surface area contributed by atoms with Gasteiger partial charge in [-0.2, -0.15) is 0 Å². The summed E-state index contributed by atoms with van der Waals surface area (Å²) in [5, 5.41) is 8.49. The first-order chi connectivity index (χ1) is 23.9. The summed E-state index contributed by atoms with van der Waals surface area (Å²) in [6, 6.07) is 8.76. The van der Waals surface area contributed by atoms with E-state index in [0.29, 0.717) is 80.3 Å². The van der Waals surface area contributed by atoms with Crippen LogP contribution < -0.4 is 32.3 Å². The second kappa shape index (κ2) is 17.6. The van der Waals surface area contributed by atoms with E-state index >= 15 is 0 Å². The van der Waals surface area contributed by atoms with Gasteiger partial charge in [0.15, 0.2) is 0 Å². The highest BCUT2D eigenvalue weighted by atomic mass is 16.6. The first-order valence-electron chi connectivity index (χ1n) is 17.3. The Morgan fingerprint density at radius 1 is 1.04 bits per heavy atom. The maximum atomic E-state index is 13.6. The van der Waals surface area contributed by atoms with Gasteiger partial charge in [-0.15, -0.1) is 0 Å². The Bertz CT molecular complexity index is 1580. The van der Waals surface area contributed by atoms with Crippen LogP contribution in [-0.2, 0) is 14.3 Å². The molecule has 0 saturated carbocycles. The number of fused-ring (bicyclic) bond motifs is 1. The van der Waals surface area contributed by atoms with Crippen molar-refractivity contribution >= 4 is 52.9 Å². The van der Waals surface area contributed by atoms with Gasteiger partial charge in [0.2, 0.25) is 11.8 Å². The maximum Gasteiger partial charge on any atom is 0.407 e. The largest absolute Gasteiger partial charge is 0.444 e. The van der Waals surface area contributed by atoms with Gasteiger partial charge >= 0.3 is 6.09 Å². The average molecular weight is 690 g/mol. The molecule has 2 aromatic rings. The van der Waals surface area contributed by atoms with Crippen molar-refractivity contribution in [2.45, 2.75) is 65.4 Å². The van der Waals surface area contributed by atoms with E-state index in [1.807, 2.05) is 13.0 Å². The number of ether oxygens (including phenoxy) is 1. The van der Waals surface area contributed by atoms with E-state index in [1.54, 1.807) is 62.2 Å². The molecule has 14 nitrogen and oxygen atoms in total. The van der Waals surface area contributed by atoms with E-state index in [1.165, 1.54) is 0 Å². The molecule has 14 heteroatoms. The number of aliphatic imine (C=N–C) groups is 1. The fourth-order valence-electron chi connectivity index (χ4n) is 5.79. The summed E-state index contributed by atoms with van der Waals surface area (Å²) in [5.41, 5.74) is 13.8. The van der Waals surface area contributed by atoms with Gasteiger partial charge in [0.1, 0.15) is 17.3 Å². The molecule has 50 heavy (non-hydrogen) atoms. The summed E-state index contributed by atoms with van der Waals surface area (Å²) < 4.78 is 5.28. The number of nitrogens with one attached hydrogen (secondary N) is 3. The lowest BCUT2D eigenvalue weighted by Crippen LogP contribution is -2.42. The Balaban J connectivity index is 1.35. The Labute approximate surface area is 294 Å². The molecule has 0 spiro atoms. The number of carbonyl (C=O) groups excluding carboxylic acids is 4. The summed E-state index contributed by atoms with van der Waals surface area (Å²) in [7, 11) is 0. The number of amides is 4. The third-order valence-electron chi connectivity index (χ3n) is 8.23. The molecule has 0 unspecified atom stereocenters. The Hall–Kier alpha value is -4.98. The van der Waals surface area contributed by atoms with E-state index < -0.39 is 11.7 Å². The summed E-state index contributed by atoms with van der Waals surface area (Å²) in [5.74, 6) is 0.592. The Morgan fingerprint density at radius 2 is 1.80 bits per heavy atom. The lowest BCUT2D eigenvalue weighted by atomic mass is 9.96. The molecule has 2 aliphatic rings. The molecule has 0 aliphatic carbocycles. The van der Waals surface area contributed by atoms with Crippen LogP contribution in [0.3, 0.4) is 0 Å². The predicted molar refractivity (Wildman–Crippen MR) is 195 cm³/mol. The molecule has 0 atom stereocenters. The number of nitrogens with two attached hydrogens (primary N) is 2. The van der Waals surface area contributed by atoms with Crippen LogP contribution in [0.5, 0.6) is 0 Å². The van der Waals surface area contributed by atoms with Gasteiger partial charge in [-0.05, 0) is 76.8 Å². The zero-order valence-electron chi connectivity index (χ0n) is 29.6. The Morgan fingerprint density at radius 3 is 2.46 bits per heavy atom. The topological polar surface area (TPSA) is 197 Å². The molecule has 0 radical (unpaired) electrons. The fraction of sp³-hybridized carbons (Fsp3) is 0.500. The lowest BCUT2D eigenvalue weighted by molar-refractivity contribution is -0.127. The first kappa shape index (κ1) is 37.8. The van der Waals surface area contributed by atoms with Gasteiger partial charge in [0.25, 0.3) is 5.91 Å². The van der Waals surface area contributed by atoms with Gasteiger partial charge in [-0.25, -0.2) is 14.8 Å². The lowest BCUT2D eigenvalue weighted by Gasteiger charge is -2.32. The molecule has 1 fully saturated rings. The summed E-state index contributed by atoms with van der Waals surface area (Å²) >= 11 is 0. The van der Waals surface area contributed by atoms with Crippen LogP contribution in [0.4, 0.5) is 22.0 Å². The number of aromatic nitrogens is 1. The highest BCUT2D eigenvalue weighted by molar-refractivity contribution is 6.08. The van der Waals surface area contributed by atoms with Gasteiger partial charge in [0, 0.05) is 74.9 Å². The minimum absolute atomic E-state index is 0.0264. The van der Waals surface area contributed by atoms with Crippen molar-refractivity contribution in [2.75, 3.05) is 56.0 Å². The maximum absolute atomic E-state index is 13.6. The van der Waals surface area contributed by atoms with Crippen LogP contribution in [0, 0.1) is 5.92 Å². The fourth-order valence-corrected chi connectivity index (χ4v) is 5.79. The number of piperidine rings is 1. The van der Waals surface area contributed by atoms with Crippen LogP contribution in [0.15, 0.2) is 47.1 Å². The molecule has 2 aliphatic heterocycles. The second-order valence-electron chi connectivity index (χ2n) is 13.5. The number of pyridine rings is 1. The third-order valence-corrected chi connectivity index (χ3v) is 8.23. The number of rotatable bonds is 13. The van der Waals surface area contributed by atoms with Crippen molar-refractivity contribution in [1.82, 2.24) is 20.5 Å². The highest BCUT2D eigenvalue weighted by Crippen LogP contribution is 2.29. The normalized spacial score (nSPS) is 14.8. The molecule has 270 valence electrons. The van der Waals surface area contributed by atoms with Crippen LogP contribution in [-0.4, -0.2) is 90.9 Å². The van der Waals surface area contributed by atoms with Crippen LogP contribution in [0.25, 0.3) is 6.08 Å². The molecule has 1 saturated heterocycles. The van der Waals surface area contributed by atoms with Gasteiger partial charge in [-0.3, -0.25) is 14.4 Å². The number of benzene rings is 1. The third kappa shape index (κ3) is 11.0. The molecule has 4 rings (SSSR count). The van der Waals surface area contributed by atoms with E-state index in [4.69, 9.17) is 16.2 Å². The standard InChI is InChI=1S/C36H51N9O5/c1-5-16-45(17-6-14-40-35(49)50-36(2,3)4)34(48)27-20-25-7-8-26(21-29(25)43-30(38)22-27)33(47)42-28-9-10-31(41-23-28)44-18-11-24(12-19-44)32(46)39-15-13-37/h7-10,20-21,23-24H,5-6,11-19,22,37H2,1-4H3,(H2,38,43)(H,39,46)(H,40,49)(H,42,47). The van der Waals surface area contributed by atoms with Crippen molar-refractivity contribution < 1.29 is 23.9 Å². The summed E-state index contributed by atoms with van der Waals surface area (Å²) in [6.07, 6.45) is 5.87. The number of alkyl carbamates (subject to hydrolysis) is 1. The van der Waals surface area contributed by atoms with E-state index in [-0.39, 0.29) is 35.9 Å². The first-order valence-corrected chi connectivity index (χ1v) is 17.3. The van der Waals surface area contributed by atoms with Crippen LogP contribution in [0.1, 0.15) is 75.7 Å². The molecule has 1 aromatic heterocycles. The quantitative estimate of drug-likeness (QED) is 0.195. The van der Waals surface area contributed by atoms with Crippen molar-refractivity contribution in [1.29, 1.82) is 0 Å². The molecule has 4 amide bonds. The second-order valence-corrected chi connectivity index (χ2v) is 13.5. The predicted octanol–water partition coefficient (Wildman–Crippen LogP) is 3.55. The number of nitrogens with zero attached hydrogens (tertiary/aromatic N) is 4. The molecule has 7 N–H and O–H groups in total. The minimum Gasteiger partial charge on any atom is -0.444 e. The molecular formula is C36H51N9O5. The minimum atomic E-state index is -0.584. The highest BCUT2D eigenvalue weighted by Gasteiger charge is 2.26. The van der Waals surface area contributed by atoms with Crippen LogP contribution in [0.2, 0.25) is 0 Å². The molecule has 1 aromatic carbocycles. The number of carbonyl (C=O) groups is 4. The van der Waals surface area contributed by atoms with E-state index in [2.05, 4.69) is 30.8 Å². The molecule has 3 heterocycles. The smallest absolute Gasteiger partial charge is 0.407 e. The zero-order chi connectivity index (χ0) is 36.3. The number of hydrogen-bond acceptors (Lipinski definition) is 10. The molecular weight excluding hydrogens is 638 g/mol. The number of anilines is 2. The molecule has 0 bridgehead atoms. The van der Waals surface area contributed by atoms with E-state index in [9.17, 15) is 19.2 Å². The number of hydrogen-bond donors (Lipinski definition) is 5. The summed E-state index contributed by atoms with van der Waals surface area (Å²) in [6.45, 7) is 11.1. The van der Waals surface area contributed by atoms with Crippen molar-refractivity contribution in [2.24, 2.45) is 22.4 Å². The van der Waals surface area contributed by atoms with Crippen molar-refractivity contribution in [3.63, 3.8) is 0 Å². The summed E-state index contributed by atoms with van der Waals surface area (Å²) in [4.78, 5) is 64.0. The monoisotopic (exact) mass is 689 g/mol. The SMILES string of the molecule is CCCN(CCCNC(=O)OC(C)(C)C)C(=O)C1=Cc2ccc(C(=O)Nc3ccc(N4CCC(C(=O)NCCN)CC4)nc3)cc2N=C(N)C1. The van der Waals surface area contributed by atoms with Crippen molar-refractivity contribution in [3.05, 3.63) is 53.2 Å². The average Bonchev–Trinajstić information content (AvgIpc) is 3.25. The Kier molecular flexibility index (Phi) is 13.3. The van der Waals surface area contributed by atoms with E-state index in [0.717, 1.165) is 25.1 Å².